The zero-order valence-electron chi connectivity index (χ0n) is 13.8. The molecule has 1 aliphatic rings. The highest BCUT2D eigenvalue weighted by atomic mass is 16.5. The molecule has 0 aromatic carbocycles. The monoisotopic (exact) mass is 342 g/mol. The summed E-state index contributed by atoms with van der Waals surface area (Å²) in [5.41, 5.74) is 2.15. The van der Waals surface area contributed by atoms with Gasteiger partial charge in [0, 0.05) is 37.7 Å². The van der Waals surface area contributed by atoms with Gasteiger partial charge in [0.15, 0.2) is 11.3 Å². The smallest absolute Gasteiger partial charge is 0.328 e. The van der Waals surface area contributed by atoms with Gasteiger partial charge in [0.25, 0.3) is 0 Å². The Balaban J connectivity index is 1.70. The summed E-state index contributed by atoms with van der Waals surface area (Å²) in [6.07, 6.45) is 6.73. The van der Waals surface area contributed by atoms with Gasteiger partial charge in [0.05, 0.1) is 19.0 Å². The van der Waals surface area contributed by atoms with Crippen LogP contribution in [0.25, 0.3) is 22.6 Å². The van der Waals surface area contributed by atoms with Crippen molar-refractivity contribution >= 4 is 11.3 Å². The largest absolute Gasteiger partial charge is 0.467 e. The standard InChI is InChI=1S/C16H18N6O3/c1-24-15-18-6-11(7-19-15)12-8-17-13-14(20-12)22(16(23)21-13)9-10-2-4-25-5-3-10/h6-8,10H,2-5,9H2,1H3,(H,17,21,23). The lowest BCUT2D eigenvalue weighted by Gasteiger charge is -2.21. The van der Waals surface area contributed by atoms with E-state index in [4.69, 9.17) is 9.47 Å². The van der Waals surface area contributed by atoms with Crippen LogP contribution in [0.15, 0.2) is 23.4 Å². The van der Waals surface area contributed by atoms with Crippen molar-refractivity contribution in [2.24, 2.45) is 5.92 Å². The molecule has 3 aromatic heterocycles. The van der Waals surface area contributed by atoms with Gasteiger partial charge >= 0.3 is 11.7 Å². The molecule has 0 atom stereocenters. The summed E-state index contributed by atoms with van der Waals surface area (Å²) in [4.78, 5) is 32.2. The Morgan fingerprint density at radius 3 is 2.72 bits per heavy atom. The maximum Gasteiger partial charge on any atom is 0.328 e. The van der Waals surface area contributed by atoms with Gasteiger partial charge < -0.3 is 9.47 Å². The van der Waals surface area contributed by atoms with Crippen LogP contribution in [0.4, 0.5) is 0 Å². The van der Waals surface area contributed by atoms with E-state index in [1.165, 1.54) is 7.11 Å². The van der Waals surface area contributed by atoms with Crippen LogP contribution in [0.2, 0.25) is 0 Å². The third-order valence-electron chi connectivity index (χ3n) is 4.37. The molecule has 0 bridgehead atoms. The van der Waals surface area contributed by atoms with Crippen molar-refractivity contribution in [3.63, 3.8) is 0 Å². The second-order valence-corrected chi connectivity index (χ2v) is 5.98. The van der Waals surface area contributed by atoms with Crippen LogP contribution in [-0.2, 0) is 11.3 Å². The Kier molecular flexibility index (Phi) is 4.14. The number of rotatable bonds is 4. The minimum absolute atomic E-state index is 0.190. The van der Waals surface area contributed by atoms with Gasteiger partial charge in [-0.15, -0.1) is 0 Å². The minimum atomic E-state index is -0.190. The number of nitrogens with one attached hydrogen (secondary N) is 1. The third kappa shape index (κ3) is 3.10. The van der Waals surface area contributed by atoms with E-state index in [1.807, 2.05) is 0 Å². The molecule has 0 aliphatic carbocycles. The fraction of sp³-hybridized carbons (Fsp3) is 0.438. The zero-order chi connectivity index (χ0) is 17.2. The highest BCUT2D eigenvalue weighted by Gasteiger charge is 2.18. The average Bonchev–Trinajstić information content (AvgIpc) is 2.97. The number of ether oxygens (including phenoxy) is 2. The van der Waals surface area contributed by atoms with Crippen LogP contribution in [0.3, 0.4) is 0 Å². The predicted molar refractivity (Wildman–Crippen MR) is 89.3 cm³/mol. The maximum atomic E-state index is 12.3. The summed E-state index contributed by atoms with van der Waals surface area (Å²) in [7, 11) is 1.51. The molecule has 4 rings (SSSR count). The minimum Gasteiger partial charge on any atom is -0.467 e. The second kappa shape index (κ2) is 6.60. The highest BCUT2D eigenvalue weighted by Crippen LogP contribution is 2.20. The van der Waals surface area contributed by atoms with Crippen molar-refractivity contribution in [2.75, 3.05) is 20.3 Å². The molecule has 0 radical (unpaired) electrons. The number of hydrogen-bond acceptors (Lipinski definition) is 7. The summed E-state index contributed by atoms with van der Waals surface area (Å²) in [5.74, 6) is 0.403. The molecule has 1 N–H and O–H groups in total. The first-order valence-corrected chi connectivity index (χ1v) is 8.14. The number of hydrogen-bond donors (Lipinski definition) is 1. The predicted octanol–water partition coefficient (Wildman–Crippen LogP) is 1.01. The van der Waals surface area contributed by atoms with E-state index in [0.717, 1.165) is 26.1 Å². The molecule has 1 saturated heterocycles. The molecular weight excluding hydrogens is 324 g/mol. The van der Waals surface area contributed by atoms with Gasteiger partial charge in [-0.1, -0.05) is 0 Å². The van der Waals surface area contributed by atoms with E-state index < -0.39 is 0 Å². The number of methoxy groups -OCH3 is 1. The van der Waals surface area contributed by atoms with Gasteiger partial charge in [-0.05, 0) is 18.8 Å². The molecular formula is C16H18N6O3. The summed E-state index contributed by atoms with van der Waals surface area (Å²) < 4.78 is 12.0. The average molecular weight is 342 g/mol. The van der Waals surface area contributed by atoms with Gasteiger partial charge in [0.1, 0.15) is 0 Å². The SMILES string of the molecule is COc1ncc(-c2cnc3[nH]c(=O)n(CC4CCOCC4)c3n2)cn1. The van der Waals surface area contributed by atoms with E-state index in [2.05, 4.69) is 24.9 Å². The van der Waals surface area contributed by atoms with E-state index in [9.17, 15) is 4.79 Å². The van der Waals surface area contributed by atoms with Crippen molar-refractivity contribution in [1.82, 2.24) is 29.5 Å². The fourth-order valence-electron chi connectivity index (χ4n) is 2.97. The van der Waals surface area contributed by atoms with Crippen LogP contribution in [0.1, 0.15) is 12.8 Å². The maximum absolute atomic E-state index is 12.3. The van der Waals surface area contributed by atoms with E-state index in [-0.39, 0.29) is 11.7 Å². The van der Waals surface area contributed by atoms with Gasteiger partial charge in [-0.3, -0.25) is 9.55 Å². The molecule has 9 nitrogen and oxygen atoms in total. The van der Waals surface area contributed by atoms with Gasteiger partial charge in [-0.2, -0.15) is 0 Å². The molecule has 0 saturated carbocycles. The molecule has 9 heteroatoms. The summed E-state index contributed by atoms with van der Waals surface area (Å²) in [6, 6.07) is 0.288. The number of fused-ring (bicyclic) bond motifs is 1. The molecule has 1 aliphatic heterocycles. The molecule has 1 fully saturated rings. The molecule has 0 amide bonds. The van der Waals surface area contributed by atoms with Crippen molar-refractivity contribution < 1.29 is 9.47 Å². The second-order valence-electron chi connectivity index (χ2n) is 5.98. The molecule has 3 aromatic rings. The summed E-state index contributed by atoms with van der Waals surface area (Å²) >= 11 is 0. The van der Waals surface area contributed by atoms with E-state index in [1.54, 1.807) is 23.2 Å². The van der Waals surface area contributed by atoms with E-state index in [0.29, 0.717) is 35.0 Å². The number of nitrogens with zero attached hydrogens (tertiary/aromatic N) is 5. The fourth-order valence-corrected chi connectivity index (χ4v) is 2.97. The highest BCUT2D eigenvalue weighted by molar-refractivity contribution is 5.70. The van der Waals surface area contributed by atoms with Crippen LogP contribution >= 0.6 is 0 Å². The Morgan fingerprint density at radius 2 is 2.00 bits per heavy atom. The molecule has 0 spiro atoms. The number of aromatic nitrogens is 6. The Labute approximate surface area is 143 Å². The number of H-pyrrole nitrogens is 1. The van der Waals surface area contributed by atoms with Crippen LogP contribution < -0.4 is 10.4 Å². The first-order valence-electron chi connectivity index (χ1n) is 8.14. The summed E-state index contributed by atoms with van der Waals surface area (Å²) in [6.45, 7) is 2.09. The quantitative estimate of drug-likeness (QED) is 0.754. The Bertz CT molecular complexity index is 927. The molecule has 0 unspecified atom stereocenters. The zero-order valence-corrected chi connectivity index (χ0v) is 13.8. The van der Waals surface area contributed by atoms with Crippen molar-refractivity contribution in [3.05, 3.63) is 29.1 Å². The Morgan fingerprint density at radius 1 is 1.24 bits per heavy atom. The first-order chi connectivity index (χ1) is 12.2. The molecule has 130 valence electrons. The first kappa shape index (κ1) is 15.7. The topological polar surface area (TPSA) is 108 Å². The van der Waals surface area contributed by atoms with Gasteiger partial charge in [-0.25, -0.2) is 24.7 Å². The van der Waals surface area contributed by atoms with Crippen LogP contribution in [0, 0.1) is 5.92 Å². The third-order valence-corrected chi connectivity index (χ3v) is 4.37. The number of imidazole rings is 1. The van der Waals surface area contributed by atoms with Crippen molar-refractivity contribution in [3.8, 4) is 17.3 Å². The molecule has 25 heavy (non-hydrogen) atoms. The number of aromatic amines is 1. The van der Waals surface area contributed by atoms with Gasteiger partial charge in [0.2, 0.25) is 0 Å². The van der Waals surface area contributed by atoms with Crippen LogP contribution in [0.5, 0.6) is 6.01 Å². The van der Waals surface area contributed by atoms with Crippen molar-refractivity contribution in [2.45, 2.75) is 19.4 Å². The normalized spacial score (nSPS) is 15.6. The lowest BCUT2D eigenvalue weighted by Crippen LogP contribution is -2.26. The Hall–Kier alpha value is -2.81. The summed E-state index contributed by atoms with van der Waals surface area (Å²) in [5, 5.41) is 0. The van der Waals surface area contributed by atoms with E-state index >= 15 is 0 Å². The van der Waals surface area contributed by atoms with Crippen LogP contribution in [-0.4, -0.2) is 49.8 Å². The lowest BCUT2D eigenvalue weighted by molar-refractivity contribution is 0.0613. The lowest BCUT2D eigenvalue weighted by atomic mass is 10.0. The van der Waals surface area contributed by atoms with Crippen molar-refractivity contribution in [1.29, 1.82) is 0 Å². The molecule has 4 heterocycles.